The molecule has 1 aliphatic heterocycles. The van der Waals surface area contributed by atoms with E-state index in [-0.39, 0.29) is 29.4 Å². The number of carbonyl (C=O) groups excluding carboxylic acids is 2. The van der Waals surface area contributed by atoms with Crippen molar-refractivity contribution < 1.29 is 18.5 Å². The van der Waals surface area contributed by atoms with Crippen molar-refractivity contribution in [1.29, 1.82) is 0 Å². The van der Waals surface area contributed by atoms with Gasteiger partial charge in [-0.15, -0.1) is 0 Å². The van der Waals surface area contributed by atoms with Gasteiger partial charge in [0.05, 0.1) is 6.04 Å². The Labute approximate surface area is 144 Å². The highest BCUT2D eigenvalue weighted by Crippen LogP contribution is 2.27. The molecule has 2 aromatic rings. The minimum atomic E-state index is -1.66. The minimum absolute atomic E-state index is 0.0109. The number of rotatable bonds is 4. The van der Waals surface area contributed by atoms with Crippen LogP contribution in [0, 0.1) is 0 Å². The molecule has 7 heteroatoms. The minimum Gasteiger partial charge on any atom is -0.356 e. The Bertz CT molecular complexity index is 778. The summed E-state index contributed by atoms with van der Waals surface area (Å²) in [5.74, 6) is -0.105. The third kappa shape index (κ3) is 4.04. The quantitative estimate of drug-likeness (QED) is 0.888. The number of aromatic nitrogens is 1. The van der Waals surface area contributed by atoms with Gasteiger partial charge in [-0.05, 0) is 44.4 Å². The molecule has 3 rings (SSSR count). The first-order valence-electron chi connectivity index (χ1n) is 8.20. The first kappa shape index (κ1) is 17.1. The van der Waals surface area contributed by atoms with Crippen molar-refractivity contribution >= 4 is 17.6 Å². The van der Waals surface area contributed by atoms with Gasteiger partial charge < -0.3 is 15.2 Å². The molecule has 2 heterocycles. The first-order chi connectivity index (χ1) is 11.8. The maximum absolute atomic E-state index is 13.8. The van der Waals surface area contributed by atoms with E-state index in [1.165, 1.54) is 19.9 Å². The maximum Gasteiger partial charge on any atom is 0.256 e. The summed E-state index contributed by atoms with van der Waals surface area (Å²) in [5.41, 5.74) is -0.260. The van der Waals surface area contributed by atoms with Gasteiger partial charge in [0.2, 0.25) is 5.91 Å². The zero-order chi connectivity index (χ0) is 18.0. The van der Waals surface area contributed by atoms with Crippen LogP contribution in [0.2, 0.25) is 0 Å². The Morgan fingerprint density at radius 3 is 2.68 bits per heavy atom. The van der Waals surface area contributed by atoms with Gasteiger partial charge in [-0.25, -0.2) is 4.39 Å². The van der Waals surface area contributed by atoms with Crippen LogP contribution >= 0.6 is 0 Å². The molecule has 1 aromatic carbocycles. The molecule has 132 valence electrons. The predicted octanol–water partition coefficient (Wildman–Crippen LogP) is 3.47. The lowest BCUT2D eigenvalue weighted by atomic mass is 9.96. The Morgan fingerprint density at radius 1 is 1.36 bits per heavy atom. The Balaban J connectivity index is 1.66. The number of nitrogens with zero attached hydrogens (tertiary/aromatic N) is 1. The molecule has 2 amide bonds. The van der Waals surface area contributed by atoms with Crippen LogP contribution in [0.1, 0.15) is 60.8 Å². The van der Waals surface area contributed by atoms with E-state index < -0.39 is 5.67 Å². The van der Waals surface area contributed by atoms with E-state index in [9.17, 15) is 14.0 Å². The number of halogens is 1. The SMILES string of the molecule is CC(C)(F)c1cc(NC(=O)c2ccc(C3CCCC(=O)N3)cc2)no1. The second kappa shape index (κ2) is 6.66. The molecule has 25 heavy (non-hydrogen) atoms. The maximum atomic E-state index is 13.8. The summed E-state index contributed by atoms with van der Waals surface area (Å²) in [6.45, 7) is 2.70. The molecule has 1 aliphatic rings. The van der Waals surface area contributed by atoms with Gasteiger partial charge in [0.15, 0.2) is 17.2 Å². The molecule has 1 saturated heterocycles. The average Bonchev–Trinajstić information content (AvgIpc) is 3.04. The molecule has 1 fully saturated rings. The second-order valence-electron chi connectivity index (χ2n) is 6.64. The van der Waals surface area contributed by atoms with Crippen molar-refractivity contribution in [2.24, 2.45) is 0 Å². The summed E-state index contributed by atoms with van der Waals surface area (Å²) in [6, 6.07) is 8.37. The van der Waals surface area contributed by atoms with Crippen LogP contribution in [0.4, 0.5) is 10.2 Å². The summed E-state index contributed by atoms with van der Waals surface area (Å²) in [6.07, 6.45) is 2.31. The zero-order valence-electron chi connectivity index (χ0n) is 14.1. The van der Waals surface area contributed by atoms with Crippen LogP contribution in [0.25, 0.3) is 0 Å². The third-order valence-electron chi connectivity index (χ3n) is 4.14. The molecule has 0 spiro atoms. The standard InChI is InChI=1S/C18H20FN3O3/c1-18(2,19)14-10-15(22-25-14)21-17(24)12-8-6-11(7-9-12)13-4-3-5-16(23)20-13/h6-10,13H,3-5H2,1-2H3,(H,20,23)(H,21,22,24). The zero-order valence-corrected chi connectivity index (χ0v) is 14.1. The summed E-state index contributed by atoms with van der Waals surface area (Å²) in [7, 11) is 0. The summed E-state index contributed by atoms with van der Waals surface area (Å²) < 4.78 is 18.7. The molecule has 1 atom stereocenters. The molecule has 1 aromatic heterocycles. The van der Waals surface area contributed by atoms with Crippen LogP contribution in [0.5, 0.6) is 0 Å². The molecular formula is C18H20FN3O3. The van der Waals surface area contributed by atoms with Gasteiger partial charge in [-0.2, -0.15) is 0 Å². The predicted molar refractivity (Wildman–Crippen MR) is 89.8 cm³/mol. The van der Waals surface area contributed by atoms with E-state index >= 15 is 0 Å². The highest BCUT2D eigenvalue weighted by atomic mass is 19.1. The number of nitrogens with one attached hydrogen (secondary N) is 2. The Hall–Kier alpha value is -2.70. The first-order valence-corrected chi connectivity index (χ1v) is 8.20. The molecule has 1 unspecified atom stereocenters. The van der Waals surface area contributed by atoms with Crippen molar-refractivity contribution in [1.82, 2.24) is 10.5 Å². The molecular weight excluding hydrogens is 325 g/mol. The van der Waals surface area contributed by atoms with Gasteiger partial charge in [-0.3, -0.25) is 9.59 Å². The number of hydrogen-bond acceptors (Lipinski definition) is 4. The van der Waals surface area contributed by atoms with Gasteiger partial charge in [0.1, 0.15) is 0 Å². The topological polar surface area (TPSA) is 84.2 Å². The van der Waals surface area contributed by atoms with Crippen LogP contribution in [-0.2, 0) is 10.5 Å². The van der Waals surface area contributed by atoms with Gasteiger partial charge in [0, 0.05) is 18.1 Å². The van der Waals surface area contributed by atoms with Crippen LogP contribution in [0.3, 0.4) is 0 Å². The molecule has 0 radical (unpaired) electrons. The Morgan fingerprint density at radius 2 is 2.08 bits per heavy atom. The van der Waals surface area contributed by atoms with Crippen molar-refractivity contribution in [3.63, 3.8) is 0 Å². The summed E-state index contributed by atoms with van der Waals surface area (Å²) in [4.78, 5) is 23.7. The fourth-order valence-corrected chi connectivity index (χ4v) is 2.72. The Kier molecular flexibility index (Phi) is 4.57. The van der Waals surface area contributed by atoms with Crippen molar-refractivity contribution in [2.45, 2.75) is 44.8 Å². The average molecular weight is 345 g/mol. The molecule has 0 aliphatic carbocycles. The van der Waals surface area contributed by atoms with E-state index in [4.69, 9.17) is 4.52 Å². The number of alkyl halides is 1. The van der Waals surface area contributed by atoms with E-state index in [0.29, 0.717) is 12.0 Å². The molecule has 6 nitrogen and oxygen atoms in total. The van der Waals surface area contributed by atoms with Crippen LogP contribution in [-0.4, -0.2) is 17.0 Å². The van der Waals surface area contributed by atoms with E-state index in [2.05, 4.69) is 15.8 Å². The second-order valence-corrected chi connectivity index (χ2v) is 6.64. The molecule has 2 N–H and O–H groups in total. The number of hydrogen-bond donors (Lipinski definition) is 2. The largest absolute Gasteiger partial charge is 0.356 e. The highest BCUT2D eigenvalue weighted by Gasteiger charge is 2.25. The van der Waals surface area contributed by atoms with Gasteiger partial charge in [-0.1, -0.05) is 17.3 Å². The lowest BCUT2D eigenvalue weighted by molar-refractivity contribution is -0.123. The van der Waals surface area contributed by atoms with Crippen LogP contribution in [0.15, 0.2) is 34.9 Å². The van der Waals surface area contributed by atoms with Gasteiger partial charge >= 0.3 is 0 Å². The van der Waals surface area contributed by atoms with Crippen molar-refractivity contribution in [3.05, 3.63) is 47.2 Å². The lowest BCUT2D eigenvalue weighted by Gasteiger charge is -2.23. The number of piperidine rings is 1. The number of amides is 2. The normalized spacial score (nSPS) is 17.9. The van der Waals surface area contributed by atoms with E-state index in [1.54, 1.807) is 12.1 Å². The third-order valence-corrected chi connectivity index (χ3v) is 4.14. The molecule has 0 saturated carbocycles. The smallest absolute Gasteiger partial charge is 0.256 e. The van der Waals surface area contributed by atoms with E-state index in [0.717, 1.165) is 18.4 Å². The highest BCUT2D eigenvalue weighted by molar-refractivity contribution is 6.03. The van der Waals surface area contributed by atoms with Gasteiger partial charge in [0.25, 0.3) is 5.91 Å². The fraction of sp³-hybridized carbons (Fsp3) is 0.389. The van der Waals surface area contributed by atoms with Crippen LogP contribution < -0.4 is 10.6 Å². The van der Waals surface area contributed by atoms with Crippen molar-refractivity contribution in [2.75, 3.05) is 5.32 Å². The van der Waals surface area contributed by atoms with E-state index in [1.807, 2.05) is 12.1 Å². The number of anilines is 1. The number of carbonyl (C=O) groups is 2. The number of benzene rings is 1. The summed E-state index contributed by atoms with van der Waals surface area (Å²) in [5, 5.41) is 9.17. The monoisotopic (exact) mass is 345 g/mol. The summed E-state index contributed by atoms with van der Waals surface area (Å²) >= 11 is 0. The van der Waals surface area contributed by atoms with Crippen molar-refractivity contribution in [3.8, 4) is 0 Å². The molecule has 0 bridgehead atoms. The fourth-order valence-electron chi connectivity index (χ4n) is 2.72. The lowest BCUT2D eigenvalue weighted by Crippen LogP contribution is -2.32.